The summed E-state index contributed by atoms with van der Waals surface area (Å²) < 4.78 is 0. The lowest BCUT2D eigenvalue weighted by molar-refractivity contribution is -0.385. The molecule has 0 saturated heterocycles. The van der Waals surface area contributed by atoms with E-state index in [-0.39, 0.29) is 28.4 Å². The maximum Gasteiger partial charge on any atom is 0.283 e. The molecule has 120 valence electrons. The number of hydrogen-bond acceptors (Lipinski definition) is 4. The molecule has 1 aromatic heterocycles. The van der Waals surface area contributed by atoms with E-state index < -0.39 is 10.8 Å². The number of H-pyrrole nitrogens is 1. The first-order valence-electron chi connectivity index (χ1n) is 6.71. The van der Waals surface area contributed by atoms with Gasteiger partial charge in [-0.2, -0.15) is 0 Å². The van der Waals surface area contributed by atoms with Crippen molar-refractivity contribution in [3.63, 3.8) is 0 Å². The first-order valence-corrected chi connectivity index (χ1v) is 7.09. The molecule has 1 aromatic carbocycles. The van der Waals surface area contributed by atoms with Crippen LogP contribution in [0.25, 0.3) is 0 Å². The van der Waals surface area contributed by atoms with Gasteiger partial charge in [0.2, 0.25) is 0 Å². The van der Waals surface area contributed by atoms with Crippen molar-refractivity contribution in [1.82, 2.24) is 10.3 Å². The number of aromatic amines is 1. The molecule has 0 spiro atoms. The average Bonchev–Trinajstić information content (AvgIpc) is 2.45. The molecule has 8 heteroatoms. The van der Waals surface area contributed by atoms with Crippen molar-refractivity contribution in [2.45, 2.75) is 20.4 Å². The van der Waals surface area contributed by atoms with Gasteiger partial charge in [-0.1, -0.05) is 11.6 Å². The van der Waals surface area contributed by atoms with Gasteiger partial charge in [-0.15, -0.1) is 0 Å². The second kappa shape index (κ2) is 6.62. The molecule has 0 atom stereocenters. The first kappa shape index (κ1) is 16.7. The number of nitrogens with zero attached hydrogens (tertiary/aromatic N) is 1. The molecule has 0 bridgehead atoms. The fourth-order valence-corrected chi connectivity index (χ4v) is 2.38. The number of benzene rings is 1. The second-order valence-corrected chi connectivity index (χ2v) is 5.48. The monoisotopic (exact) mass is 335 g/mol. The number of hydrogen-bond donors (Lipinski definition) is 2. The van der Waals surface area contributed by atoms with E-state index in [2.05, 4.69) is 10.3 Å². The maximum atomic E-state index is 12.2. The topological polar surface area (TPSA) is 105 Å². The molecular weight excluding hydrogens is 322 g/mol. The van der Waals surface area contributed by atoms with Gasteiger partial charge >= 0.3 is 0 Å². The van der Waals surface area contributed by atoms with Gasteiger partial charge in [-0.25, -0.2) is 0 Å². The Balaban J connectivity index is 2.25. The minimum absolute atomic E-state index is 0.0277. The van der Waals surface area contributed by atoms with Crippen LogP contribution < -0.4 is 10.9 Å². The number of pyridine rings is 1. The standard InChI is InChI=1S/C15H14ClN3O4/c1-8-5-9(2)18-15(21)12(8)7-17-14(20)11-4-3-10(16)6-13(11)19(22)23/h3-6H,7H2,1-2H3,(H,17,20)(H,18,21). The van der Waals surface area contributed by atoms with Crippen LogP contribution in [-0.2, 0) is 6.54 Å². The van der Waals surface area contributed by atoms with E-state index in [0.29, 0.717) is 5.56 Å². The molecule has 2 aromatic rings. The van der Waals surface area contributed by atoms with Crippen LogP contribution in [0.15, 0.2) is 29.1 Å². The van der Waals surface area contributed by atoms with Crippen LogP contribution in [0.5, 0.6) is 0 Å². The van der Waals surface area contributed by atoms with Crippen LogP contribution >= 0.6 is 11.6 Å². The highest BCUT2D eigenvalue weighted by Crippen LogP contribution is 2.23. The molecule has 2 N–H and O–H groups in total. The first-order chi connectivity index (χ1) is 10.8. The van der Waals surface area contributed by atoms with Crippen LogP contribution in [0.4, 0.5) is 5.69 Å². The van der Waals surface area contributed by atoms with Gasteiger partial charge in [0.1, 0.15) is 5.56 Å². The number of nitrogens with one attached hydrogen (secondary N) is 2. The van der Waals surface area contributed by atoms with Gasteiger partial charge in [0.25, 0.3) is 17.2 Å². The van der Waals surface area contributed by atoms with E-state index in [1.54, 1.807) is 19.9 Å². The molecule has 0 aliphatic carbocycles. The zero-order valence-corrected chi connectivity index (χ0v) is 13.2. The Kier molecular flexibility index (Phi) is 4.80. The van der Waals surface area contributed by atoms with E-state index in [0.717, 1.165) is 17.3 Å². The normalized spacial score (nSPS) is 10.4. The number of nitro benzene ring substituents is 1. The van der Waals surface area contributed by atoms with Crippen LogP contribution in [0, 0.1) is 24.0 Å². The third-order valence-electron chi connectivity index (χ3n) is 3.32. The number of nitro groups is 1. The second-order valence-electron chi connectivity index (χ2n) is 5.04. The Labute approximate surface area is 136 Å². The molecule has 23 heavy (non-hydrogen) atoms. The fraction of sp³-hybridized carbons (Fsp3) is 0.200. The highest BCUT2D eigenvalue weighted by atomic mass is 35.5. The Morgan fingerprint density at radius 2 is 2.04 bits per heavy atom. The minimum atomic E-state index is -0.676. The molecule has 0 aliphatic heterocycles. The van der Waals surface area contributed by atoms with E-state index in [1.807, 2.05) is 0 Å². The predicted octanol–water partition coefficient (Wildman–Crippen LogP) is 2.48. The summed E-state index contributed by atoms with van der Waals surface area (Å²) in [4.78, 5) is 37.1. The summed E-state index contributed by atoms with van der Waals surface area (Å²) in [6.45, 7) is 3.49. The van der Waals surface area contributed by atoms with Gasteiger partial charge in [0.15, 0.2) is 0 Å². The largest absolute Gasteiger partial charge is 0.348 e. The summed E-state index contributed by atoms with van der Waals surface area (Å²) in [5.41, 5.74) is 1.06. The van der Waals surface area contributed by atoms with Crippen molar-refractivity contribution in [1.29, 1.82) is 0 Å². The molecule has 7 nitrogen and oxygen atoms in total. The van der Waals surface area contributed by atoms with Crippen molar-refractivity contribution >= 4 is 23.2 Å². The Hall–Kier alpha value is -2.67. The summed E-state index contributed by atoms with van der Waals surface area (Å²) >= 11 is 5.71. The molecule has 0 fully saturated rings. The Morgan fingerprint density at radius 3 is 2.65 bits per heavy atom. The van der Waals surface area contributed by atoms with Gasteiger partial charge < -0.3 is 10.3 Å². The van der Waals surface area contributed by atoms with Crippen molar-refractivity contribution in [3.8, 4) is 0 Å². The number of amides is 1. The third kappa shape index (κ3) is 3.75. The Morgan fingerprint density at radius 1 is 1.35 bits per heavy atom. The molecule has 1 amide bonds. The van der Waals surface area contributed by atoms with Crippen molar-refractivity contribution in [3.05, 3.63) is 72.1 Å². The number of carbonyl (C=O) groups excluding carboxylic acids is 1. The molecular formula is C15H14ClN3O4. The number of aryl methyl sites for hydroxylation is 2. The fourth-order valence-electron chi connectivity index (χ4n) is 2.21. The van der Waals surface area contributed by atoms with E-state index in [9.17, 15) is 19.7 Å². The number of carbonyl (C=O) groups is 1. The number of aromatic nitrogens is 1. The summed E-state index contributed by atoms with van der Waals surface area (Å²) in [7, 11) is 0. The molecule has 2 rings (SSSR count). The Bertz CT molecular complexity index is 845. The number of rotatable bonds is 4. The SMILES string of the molecule is Cc1cc(C)c(CNC(=O)c2ccc(Cl)cc2[N+](=O)[O-])c(=O)[nH]1. The van der Waals surface area contributed by atoms with Crippen LogP contribution in [0.2, 0.25) is 5.02 Å². The summed E-state index contributed by atoms with van der Waals surface area (Å²) in [5, 5.41) is 13.7. The predicted molar refractivity (Wildman–Crippen MR) is 85.8 cm³/mol. The molecule has 0 saturated carbocycles. The lowest BCUT2D eigenvalue weighted by atomic mass is 10.1. The average molecular weight is 336 g/mol. The quantitative estimate of drug-likeness (QED) is 0.661. The van der Waals surface area contributed by atoms with Gasteiger partial charge in [0, 0.05) is 28.9 Å². The molecule has 0 radical (unpaired) electrons. The summed E-state index contributed by atoms with van der Waals surface area (Å²) in [5.74, 6) is -0.646. The lowest BCUT2D eigenvalue weighted by Gasteiger charge is -2.08. The van der Waals surface area contributed by atoms with Crippen molar-refractivity contribution < 1.29 is 9.72 Å². The summed E-state index contributed by atoms with van der Waals surface area (Å²) in [6, 6.07) is 5.57. The zero-order chi connectivity index (χ0) is 17.1. The van der Waals surface area contributed by atoms with Crippen LogP contribution in [-0.4, -0.2) is 15.8 Å². The maximum absolute atomic E-state index is 12.2. The van der Waals surface area contributed by atoms with Crippen molar-refractivity contribution in [2.24, 2.45) is 0 Å². The zero-order valence-electron chi connectivity index (χ0n) is 12.5. The van der Waals surface area contributed by atoms with E-state index in [4.69, 9.17) is 11.6 Å². The van der Waals surface area contributed by atoms with E-state index >= 15 is 0 Å². The van der Waals surface area contributed by atoms with E-state index in [1.165, 1.54) is 12.1 Å². The molecule has 1 heterocycles. The molecule has 0 unspecified atom stereocenters. The van der Waals surface area contributed by atoms with Gasteiger partial charge in [-0.3, -0.25) is 19.7 Å². The van der Waals surface area contributed by atoms with Crippen LogP contribution in [0.1, 0.15) is 27.2 Å². The number of halogens is 1. The third-order valence-corrected chi connectivity index (χ3v) is 3.56. The molecule has 0 aliphatic rings. The smallest absolute Gasteiger partial charge is 0.283 e. The van der Waals surface area contributed by atoms with Gasteiger partial charge in [0.05, 0.1) is 4.92 Å². The minimum Gasteiger partial charge on any atom is -0.348 e. The lowest BCUT2D eigenvalue weighted by Crippen LogP contribution is -2.28. The highest BCUT2D eigenvalue weighted by molar-refractivity contribution is 6.31. The van der Waals surface area contributed by atoms with Crippen molar-refractivity contribution in [2.75, 3.05) is 0 Å². The summed E-state index contributed by atoms with van der Waals surface area (Å²) in [6.07, 6.45) is 0. The highest BCUT2D eigenvalue weighted by Gasteiger charge is 2.20. The van der Waals surface area contributed by atoms with Crippen LogP contribution in [0.3, 0.4) is 0 Å². The van der Waals surface area contributed by atoms with Gasteiger partial charge in [-0.05, 0) is 37.6 Å².